The quantitative estimate of drug-likeness (QED) is 0.585. The van der Waals surface area contributed by atoms with Gasteiger partial charge in [-0.1, -0.05) is 20.8 Å². The molecule has 0 amide bonds. The summed E-state index contributed by atoms with van der Waals surface area (Å²) in [4.78, 5) is 11.3. The number of aliphatic imine (C=N–C) groups is 1. The Morgan fingerprint density at radius 3 is 2.68 bits per heavy atom. The average Bonchev–Trinajstić information content (AvgIpc) is 3.10. The molecule has 2 heterocycles. The zero-order valence-corrected chi connectivity index (χ0v) is 18.3. The van der Waals surface area contributed by atoms with Gasteiger partial charge in [0.15, 0.2) is 5.96 Å². The van der Waals surface area contributed by atoms with Crippen molar-refractivity contribution in [1.82, 2.24) is 19.8 Å². The fourth-order valence-electron chi connectivity index (χ4n) is 2.48. The Kier molecular flexibility index (Phi) is 6.68. The van der Waals surface area contributed by atoms with Crippen molar-refractivity contribution in [2.24, 2.45) is 12.0 Å². The Bertz CT molecular complexity index is 726. The molecule has 5 nitrogen and oxygen atoms in total. The molecule has 2 rings (SSSR count). The lowest BCUT2D eigenvalue weighted by Gasteiger charge is -2.22. The lowest BCUT2D eigenvalue weighted by molar-refractivity contribution is 0.462. The number of guanidine groups is 1. The van der Waals surface area contributed by atoms with E-state index in [1.807, 2.05) is 7.05 Å². The van der Waals surface area contributed by atoms with Crippen molar-refractivity contribution in [1.29, 1.82) is 0 Å². The molecule has 0 aliphatic rings. The molecule has 0 aliphatic heterocycles. The smallest absolute Gasteiger partial charge is 0.193 e. The van der Waals surface area contributed by atoms with Gasteiger partial charge in [-0.15, -0.1) is 11.3 Å². The van der Waals surface area contributed by atoms with Gasteiger partial charge >= 0.3 is 0 Å². The van der Waals surface area contributed by atoms with E-state index in [2.05, 4.69) is 88.2 Å². The van der Waals surface area contributed by atoms with Gasteiger partial charge in [0.05, 0.1) is 17.2 Å². The molecule has 0 fully saturated rings. The Morgan fingerprint density at radius 2 is 2.16 bits per heavy atom. The molecule has 138 valence electrons. The van der Waals surface area contributed by atoms with Crippen molar-refractivity contribution in [2.45, 2.75) is 39.2 Å². The fraction of sp³-hybridized carbons (Fsp3) is 0.556. The van der Waals surface area contributed by atoms with Crippen LogP contribution in [0.4, 0.5) is 0 Å². The van der Waals surface area contributed by atoms with Crippen molar-refractivity contribution in [3.8, 4) is 0 Å². The highest BCUT2D eigenvalue weighted by Crippen LogP contribution is 2.23. The van der Waals surface area contributed by atoms with Crippen LogP contribution in [0.3, 0.4) is 0 Å². The number of thiazole rings is 1. The van der Waals surface area contributed by atoms with Crippen molar-refractivity contribution in [2.75, 3.05) is 20.6 Å². The number of hydrogen-bond donors (Lipinski definition) is 1. The Hall–Kier alpha value is -1.34. The van der Waals surface area contributed by atoms with Crippen LogP contribution in [0.5, 0.6) is 0 Å². The van der Waals surface area contributed by atoms with Crippen LogP contribution >= 0.6 is 27.3 Å². The first-order valence-electron chi connectivity index (χ1n) is 8.38. The van der Waals surface area contributed by atoms with Crippen LogP contribution in [-0.2, 0) is 25.4 Å². The van der Waals surface area contributed by atoms with Crippen LogP contribution in [0, 0.1) is 0 Å². The van der Waals surface area contributed by atoms with E-state index in [-0.39, 0.29) is 5.41 Å². The fourth-order valence-corrected chi connectivity index (χ4v) is 4.07. The summed E-state index contributed by atoms with van der Waals surface area (Å²) in [6, 6.07) is 2.13. The van der Waals surface area contributed by atoms with Crippen molar-refractivity contribution >= 4 is 33.2 Å². The van der Waals surface area contributed by atoms with Gasteiger partial charge in [-0.3, -0.25) is 4.99 Å². The maximum absolute atomic E-state index is 4.75. The third kappa shape index (κ3) is 5.57. The third-order valence-corrected chi connectivity index (χ3v) is 5.33. The molecule has 0 bridgehead atoms. The van der Waals surface area contributed by atoms with E-state index in [4.69, 9.17) is 4.98 Å². The van der Waals surface area contributed by atoms with E-state index in [0.29, 0.717) is 0 Å². The van der Waals surface area contributed by atoms with Gasteiger partial charge in [0.2, 0.25) is 0 Å². The summed E-state index contributed by atoms with van der Waals surface area (Å²) in [7, 11) is 5.93. The minimum absolute atomic E-state index is 0.113. The minimum atomic E-state index is 0.113. The zero-order valence-electron chi connectivity index (χ0n) is 15.9. The van der Waals surface area contributed by atoms with Crippen LogP contribution in [0.2, 0.25) is 0 Å². The van der Waals surface area contributed by atoms with Crippen molar-refractivity contribution in [3.63, 3.8) is 0 Å². The highest BCUT2D eigenvalue weighted by Gasteiger charge is 2.17. The summed E-state index contributed by atoms with van der Waals surface area (Å²) < 4.78 is 3.22. The van der Waals surface area contributed by atoms with Gasteiger partial charge < -0.3 is 14.8 Å². The minimum Gasteiger partial charge on any atom is -0.356 e. The molecular formula is C18H28BrN5S. The molecule has 25 heavy (non-hydrogen) atoms. The van der Waals surface area contributed by atoms with E-state index in [1.54, 1.807) is 11.3 Å². The molecule has 0 radical (unpaired) electrons. The molecule has 7 heteroatoms. The summed E-state index contributed by atoms with van der Waals surface area (Å²) in [5, 5.41) is 6.77. The topological polar surface area (TPSA) is 45.5 Å². The average molecular weight is 426 g/mol. The molecular weight excluding hydrogens is 398 g/mol. The lowest BCUT2D eigenvalue weighted by atomic mass is 9.93. The van der Waals surface area contributed by atoms with Crippen LogP contribution in [0.15, 0.2) is 27.1 Å². The summed E-state index contributed by atoms with van der Waals surface area (Å²) in [6.45, 7) is 8.21. The normalized spacial score (nSPS) is 12.5. The summed E-state index contributed by atoms with van der Waals surface area (Å²) in [6.07, 6.45) is 2.97. The number of halogens is 1. The first-order chi connectivity index (χ1) is 11.7. The second kappa shape index (κ2) is 8.36. The number of hydrogen-bond acceptors (Lipinski definition) is 3. The lowest BCUT2D eigenvalue weighted by Crippen LogP contribution is -2.39. The van der Waals surface area contributed by atoms with Crippen LogP contribution in [-0.4, -0.2) is 41.1 Å². The molecule has 0 saturated carbocycles. The molecule has 0 spiro atoms. The van der Waals surface area contributed by atoms with Crippen LogP contribution in [0.1, 0.15) is 37.2 Å². The molecule has 0 aliphatic carbocycles. The van der Waals surface area contributed by atoms with Crippen LogP contribution < -0.4 is 5.32 Å². The van der Waals surface area contributed by atoms with Crippen molar-refractivity contribution in [3.05, 3.63) is 38.5 Å². The van der Waals surface area contributed by atoms with Gasteiger partial charge in [-0.05, 0) is 22.0 Å². The largest absolute Gasteiger partial charge is 0.356 e. The second-order valence-electron chi connectivity index (χ2n) is 7.22. The van der Waals surface area contributed by atoms with Gasteiger partial charge in [0, 0.05) is 61.3 Å². The number of nitrogens with one attached hydrogen (secondary N) is 1. The summed E-state index contributed by atoms with van der Waals surface area (Å²) >= 11 is 5.26. The standard InChI is InChI=1S/C18H28BrN5S/c1-18(2,3)15-12-25-16(22-15)7-8-21-17(20-4)24(6)11-14-9-13(19)10-23(14)5/h9-10,12H,7-8,11H2,1-6H3,(H,20,21). The van der Waals surface area contributed by atoms with E-state index >= 15 is 0 Å². The summed E-state index contributed by atoms with van der Waals surface area (Å²) in [5.41, 5.74) is 2.51. The van der Waals surface area contributed by atoms with E-state index in [1.165, 1.54) is 16.4 Å². The Labute approximate surface area is 163 Å². The number of nitrogens with zero attached hydrogens (tertiary/aromatic N) is 4. The van der Waals surface area contributed by atoms with Crippen LogP contribution in [0.25, 0.3) is 0 Å². The maximum Gasteiger partial charge on any atom is 0.193 e. The highest BCUT2D eigenvalue weighted by molar-refractivity contribution is 9.10. The molecule has 0 saturated heterocycles. The Morgan fingerprint density at radius 1 is 1.44 bits per heavy atom. The van der Waals surface area contributed by atoms with E-state index in [0.717, 1.165) is 29.9 Å². The number of aryl methyl sites for hydroxylation is 1. The highest BCUT2D eigenvalue weighted by atomic mass is 79.9. The van der Waals surface area contributed by atoms with Crippen molar-refractivity contribution < 1.29 is 0 Å². The second-order valence-corrected chi connectivity index (χ2v) is 9.08. The molecule has 2 aromatic rings. The first-order valence-corrected chi connectivity index (χ1v) is 10.1. The zero-order chi connectivity index (χ0) is 18.6. The number of aromatic nitrogens is 2. The molecule has 0 aromatic carbocycles. The predicted molar refractivity (Wildman–Crippen MR) is 110 cm³/mol. The van der Waals surface area contributed by atoms with E-state index < -0.39 is 0 Å². The maximum atomic E-state index is 4.75. The monoisotopic (exact) mass is 425 g/mol. The predicted octanol–water partition coefficient (Wildman–Crippen LogP) is 3.79. The van der Waals surface area contributed by atoms with Gasteiger partial charge in [-0.2, -0.15) is 0 Å². The van der Waals surface area contributed by atoms with Gasteiger partial charge in [-0.25, -0.2) is 4.98 Å². The summed E-state index contributed by atoms with van der Waals surface area (Å²) in [5.74, 6) is 0.893. The SMILES string of the molecule is CN=C(NCCc1nc(C(C)(C)C)cs1)N(C)Cc1cc(Br)cn1C. The molecule has 0 unspecified atom stereocenters. The van der Waals surface area contributed by atoms with Gasteiger partial charge in [0.1, 0.15) is 0 Å². The van der Waals surface area contributed by atoms with Gasteiger partial charge in [0.25, 0.3) is 0 Å². The molecule has 2 aromatic heterocycles. The molecule has 0 atom stereocenters. The third-order valence-electron chi connectivity index (χ3n) is 3.99. The molecule has 1 N–H and O–H groups in total. The first kappa shape index (κ1) is 20.0. The van der Waals surface area contributed by atoms with E-state index in [9.17, 15) is 0 Å². The number of rotatable bonds is 5. The Balaban J connectivity index is 1.87.